The van der Waals surface area contributed by atoms with Gasteiger partial charge in [-0.3, -0.25) is 9.59 Å². The Kier molecular flexibility index (Phi) is 14.4. The van der Waals surface area contributed by atoms with Crippen molar-refractivity contribution in [3.05, 3.63) is 100 Å². The lowest BCUT2D eigenvalue weighted by molar-refractivity contribution is -0.138. The van der Waals surface area contributed by atoms with Crippen LogP contribution in [0, 0.1) is 13.8 Å². The number of hydrogen-bond donors (Lipinski definition) is 4. The molecular weight excluding hydrogens is 638 g/mol. The first-order valence-electron chi connectivity index (χ1n) is 16.7. The van der Waals surface area contributed by atoms with E-state index in [9.17, 15) is 9.59 Å². The van der Waals surface area contributed by atoms with Gasteiger partial charge in [-0.2, -0.15) is 4.98 Å². The second-order valence-electron chi connectivity index (χ2n) is 11.9. The Hall–Kier alpha value is -5.13. The van der Waals surface area contributed by atoms with E-state index in [0.29, 0.717) is 75.5 Å². The SMILES string of the molecule is COc1cc(OCc2cccc(-c3cccc(COc4ccc(CNCCCC(=O)O)c(OC)n4)c3C)c2C)ccc1CNCCCC(=O)O. The first-order chi connectivity index (χ1) is 24.2. The number of aromatic nitrogens is 1. The molecule has 0 bridgehead atoms. The fourth-order valence-electron chi connectivity index (χ4n) is 5.56. The maximum Gasteiger partial charge on any atom is 0.303 e. The molecule has 50 heavy (non-hydrogen) atoms. The molecule has 0 radical (unpaired) electrons. The van der Waals surface area contributed by atoms with Gasteiger partial charge in [0.05, 0.1) is 14.2 Å². The highest BCUT2D eigenvalue weighted by atomic mass is 16.5. The minimum absolute atomic E-state index is 0.126. The summed E-state index contributed by atoms with van der Waals surface area (Å²) in [6.45, 7) is 7.20. The molecule has 0 aliphatic carbocycles. The molecule has 0 unspecified atom stereocenters. The largest absolute Gasteiger partial charge is 0.496 e. The molecule has 0 saturated carbocycles. The summed E-state index contributed by atoms with van der Waals surface area (Å²) in [5, 5.41) is 24.1. The Morgan fingerprint density at radius 1 is 0.680 bits per heavy atom. The highest BCUT2D eigenvalue weighted by Crippen LogP contribution is 2.32. The predicted octanol–water partition coefficient (Wildman–Crippen LogP) is 6.45. The monoisotopic (exact) mass is 685 g/mol. The molecule has 0 fully saturated rings. The van der Waals surface area contributed by atoms with Crippen LogP contribution in [0.1, 0.15) is 59.1 Å². The lowest BCUT2D eigenvalue weighted by atomic mass is 9.92. The van der Waals surface area contributed by atoms with Crippen LogP contribution in [0.25, 0.3) is 11.1 Å². The van der Waals surface area contributed by atoms with Crippen LogP contribution in [-0.4, -0.2) is 54.4 Å². The second kappa shape index (κ2) is 19.2. The van der Waals surface area contributed by atoms with E-state index >= 15 is 0 Å². The van der Waals surface area contributed by atoms with E-state index < -0.39 is 11.9 Å². The number of hydrogen-bond acceptors (Lipinski definition) is 9. The number of methoxy groups -OCH3 is 2. The topological polar surface area (TPSA) is 148 Å². The van der Waals surface area contributed by atoms with Crippen LogP contribution in [0.3, 0.4) is 0 Å². The highest BCUT2D eigenvalue weighted by molar-refractivity contribution is 5.72. The van der Waals surface area contributed by atoms with E-state index in [2.05, 4.69) is 53.7 Å². The molecule has 0 saturated heterocycles. The van der Waals surface area contributed by atoms with E-state index in [-0.39, 0.29) is 12.8 Å². The fraction of sp³-hybridized carbons (Fsp3) is 0.359. The van der Waals surface area contributed by atoms with Gasteiger partial charge in [-0.25, -0.2) is 0 Å². The lowest BCUT2D eigenvalue weighted by Gasteiger charge is -2.17. The third kappa shape index (κ3) is 10.9. The van der Waals surface area contributed by atoms with Crippen LogP contribution in [0.2, 0.25) is 0 Å². The molecule has 0 aliphatic rings. The summed E-state index contributed by atoms with van der Waals surface area (Å²) >= 11 is 0. The molecule has 266 valence electrons. The fourth-order valence-corrected chi connectivity index (χ4v) is 5.56. The zero-order valence-electron chi connectivity index (χ0n) is 29.2. The van der Waals surface area contributed by atoms with Crippen LogP contribution >= 0.6 is 0 Å². The van der Waals surface area contributed by atoms with Crippen molar-refractivity contribution in [3.63, 3.8) is 0 Å². The first kappa shape index (κ1) is 37.7. The molecule has 11 heteroatoms. The molecule has 11 nitrogen and oxygen atoms in total. The third-order valence-corrected chi connectivity index (χ3v) is 8.44. The number of pyridine rings is 1. The second-order valence-corrected chi connectivity index (χ2v) is 11.9. The number of aliphatic carboxylic acids is 2. The molecular formula is C39H47N3O8. The third-order valence-electron chi connectivity index (χ3n) is 8.44. The van der Waals surface area contributed by atoms with Crippen molar-refractivity contribution in [1.82, 2.24) is 15.6 Å². The van der Waals surface area contributed by atoms with Gasteiger partial charge < -0.3 is 39.8 Å². The van der Waals surface area contributed by atoms with Crippen LogP contribution in [0.4, 0.5) is 0 Å². The number of rotatable bonds is 21. The molecule has 4 rings (SSSR count). The number of benzene rings is 3. The van der Waals surface area contributed by atoms with E-state index in [1.165, 1.54) is 0 Å². The molecule has 0 atom stereocenters. The van der Waals surface area contributed by atoms with Gasteiger partial charge in [0.1, 0.15) is 24.7 Å². The van der Waals surface area contributed by atoms with Gasteiger partial charge in [-0.05, 0) is 85.3 Å². The van der Waals surface area contributed by atoms with Gasteiger partial charge in [0.25, 0.3) is 0 Å². The summed E-state index contributed by atoms with van der Waals surface area (Å²) in [6, 6.07) is 21.9. The average molecular weight is 686 g/mol. The van der Waals surface area contributed by atoms with Gasteiger partial charge in [0, 0.05) is 49.2 Å². The number of nitrogens with one attached hydrogen (secondary N) is 2. The number of nitrogens with zero attached hydrogens (tertiary/aromatic N) is 1. The molecule has 0 amide bonds. The Morgan fingerprint density at radius 3 is 1.80 bits per heavy atom. The Bertz CT molecular complexity index is 1620. The van der Waals surface area contributed by atoms with Crippen molar-refractivity contribution < 1.29 is 38.7 Å². The highest BCUT2D eigenvalue weighted by Gasteiger charge is 2.14. The van der Waals surface area contributed by atoms with Crippen LogP contribution in [0.5, 0.6) is 23.3 Å². The molecule has 4 N–H and O–H groups in total. The molecule has 4 aromatic rings. The van der Waals surface area contributed by atoms with Gasteiger partial charge in [-0.15, -0.1) is 0 Å². The van der Waals surface area contributed by atoms with Gasteiger partial charge in [0.15, 0.2) is 0 Å². The summed E-state index contributed by atoms with van der Waals surface area (Å²) in [5.41, 5.74) is 8.41. The van der Waals surface area contributed by atoms with Crippen LogP contribution in [0.15, 0.2) is 66.7 Å². The Balaban J connectivity index is 1.38. The summed E-state index contributed by atoms with van der Waals surface area (Å²) in [7, 11) is 3.19. The lowest BCUT2D eigenvalue weighted by Crippen LogP contribution is -2.16. The van der Waals surface area contributed by atoms with Crippen molar-refractivity contribution in [2.45, 2.75) is 65.8 Å². The number of carboxylic acid groups (broad SMARTS) is 2. The maximum absolute atomic E-state index is 10.7. The summed E-state index contributed by atoms with van der Waals surface area (Å²) in [4.78, 5) is 26.0. The van der Waals surface area contributed by atoms with E-state index in [4.69, 9.17) is 29.2 Å². The minimum atomic E-state index is -0.804. The van der Waals surface area contributed by atoms with Crippen molar-refractivity contribution in [1.29, 1.82) is 0 Å². The molecule has 0 aliphatic heterocycles. The van der Waals surface area contributed by atoms with Crippen molar-refractivity contribution in [2.75, 3.05) is 27.3 Å². The Morgan fingerprint density at radius 2 is 1.24 bits per heavy atom. The van der Waals surface area contributed by atoms with E-state index in [0.717, 1.165) is 44.5 Å². The van der Waals surface area contributed by atoms with Gasteiger partial charge in [-0.1, -0.05) is 42.5 Å². The van der Waals surface area contributed by atoms with Crippen molar-refractivity contribution in [2.24, 2.45) is 0 Å². The summed E-state index contributed by atoms with van der Waals surface area (Å²) < 4.78 is 23.4. The van der Waals surface area contributed by atoms with Crippen LogP contribution in [-0.2, 0) is 35.9 Å². The van der Waals surface area contributed by atoms with Crippen molar-refractivity contribution >= 4 is 11.9 Å². The van der Waals surface area contributed by atoms with Gasteiger partial charge >= 0.3 is 11.9 Å². The molecule has 1 heterocycles. The number of ether oxygens (including phenoxy) is 4. The number of carbonyl (C=O) groups is 2. The van der Waals surface area contributed by atoms with Crippen molar-refractivity contribution in [3.8, 4) is 34.4 Å². The zero-order chi connectivity index (χ0) is 35.9. The van der Waals surface area contributed by atoms with E-state index in [1.807, 2.05) is 42.5 Å². The summed E-state index contributed by atoms with van der Waals surface area (Å²) in [5.74, 6) is 0.721. The molecule has 0 spiro atoms. The predicted molar refractivity (Wildman–Crippen MR) is 191 cm³/mol. The van der Waals surface area contributed by atoms with E-state index in [1.54, 1.807) is 14.2 Å². The minimum Gasteiger partial charge on any atom is -0.496 e. The molecule has 1 aromatic heterocycles. The standard InChI is InChI=1S/C39H47N3O8/c1-26-30(24-49-32-17-15-28(35(21-32)47-3)22-40-19-7-13-37(43)44)9-5-11-33(26)34-12-6-10-31(27(34)2)25-50-36-18-16-29(39(42-36)48-4)23-41-20-8-14-38(45)46/h5-6,9-12,15-18,21,40-41H,7-8,13-14,19-20,22-25H2,1-4H3,(H,43,44)(H,45,46). The van der Waals surface area contributed by atoms with Gasteiger partial charge in [0.2, 0.25) is 11.8 Å². The average Bonchev–Trinajstić information content (AvgIpc) is 3.11. The number of carboxylic acids is 2. The molecule has 3 aromatic carbocycles. The smallest absolute Gasteiger partial charge is 0.303 e. The van der Waals surface area contributed by atoms with Crippen LogP contribution < -0.4 is 29.6 Å². The first-order valence-corrected chi connectivity index (χ1v) is 16.7. The maximum atomic E-state index is 10.7. The zero-order valence-corrected chi connectivity index (χ0v) is 29.2. The Labute approximate surface area is 293 Å². The normalized spacial score (nSPS) is 10.9. The quantitative estimate of drug-likeness (QED) is 0.0718. The summed E-state index contributed by atoms with van der Waals surface area (Å²) in [6.07, 6.45) is 1.38.